The number of thiophene rings is 1. The fraction of sp³-hybridized carbons (Fsp3) is 0.357. The molecule has 0 fully saturated rings. The zero-order valence-electron chi connectivity index (χ0n) is 20.9. The van der Waals surface area contributed by atoms with Crippen LogP contribution in [0.1, 0.15) is 77.8 Å². The van der Waals surface area contributed by atoms with Gasteiger partial charge < -0.3 is 4.57 Å². The van der Waals surface area contributed by atoms with Gasteiger partial charge in [0.05, 0.1) is 22.7 Å². The molecule has 0 N–H and O–H groups in total. The highest BCUT2D eigenvalue weighted by Gasteiger charge is 2.24. The third kappa shape index (κ3) is 4.14. The molecule has 6 nitrogen and oxygen atoms in total. The number of rotatable bonds is 5. The van der Waals surface area contributed by atoms with Crippen molar-refractivity contribution in [1.29, 1.82) is 5.26 Å². The summed E-state index contributed by atoms with van der Waals surface area (Å²) in [5, 5.41) is 16.2. The van der Waals surface area contributed by atoms with Gasteiger partial charge in [0.1, 0.15) is 16.9 Å². The van der Waals surface area contributed by atoms with Gasteiger partial charge in [-0.05, 0) is 75.8 Å². The second-order valence-corrected chi connectivity index (χ2v) is 11.5. The first kappa shape index (κ1) is 24.7. The van der Waals surface area contributed by atoms with Crippen LogP contribution < -0.4 is 5.56 Å². The summed E-state index contributed by atoms with van der Waals surface area (Å²) in [5.41, 5.74) is 5.48. The molecule has 36 heavy (non-hydrogen) atoms. The van der Waals surface area contributed by atoms with E-state index >= 15 is 0 Å². The summed E-state index contributed by atoms with van der Waals surface area (Å²) < 4.78 is 4.44. The van der Waals surface area contributed by atoms with Crippen LogP contribution in [0.5, 0.6) is 0 Å². The van der Waals surface area contributed by atoms with Gasteiger partial charge in [-0.1, -0.05) is 29.8 Å². The maximum atomic E-state index is 13.5. The van der Waals surface area contributed by atoms with Crippen molar-refractivity contribution in [3.63, 3.8) is 0 Å². The molecule has 3 heterocycles. The Labute approximate surface area is 223 Å². The van der Waals surface area contributed by atoms with Crippen LogP contribution in [-0.2, 0) is 12.8 Å². The van der Waals surface area contributed by atoms with Crippen LogP contribution in [0.4, 0.5) is 0 Å². The molecule has 0 radical (unpaired) electrons. The molecule has 1 aliphatic rings. The minimum absolute atomic E-state index is 0.0750. The predicted molar refractivity (Wildman–Crippen MR) is 150 cm³/mol. The molecule has 5 rings (SSSR count). The highest BCUT2D eigenvalue weighted by molar-refractivity contribution is 9.10. The number of halogens is 1. The molecule has 0 aliphatic heterocycles. The summed E-state index contributed by atoms with van der Waals surface area (Å²) in [4.78, 5) is 19.6. The average molecular weight is 563 g/mol. The van der Waals surface area contributed by atoms with Crippen molar-refractivity contribution in [2.45, 2.75) is 65.7 Å². The predicted octanol–water partition coefficient (Wildman–Crippen LogP) is 6.77. The molecular weight excluding hydrogens is 534 g/mol. The van der Waals surface area contributed by atoms with Crippen molar-refractivity contribution in [3.8, 4) is 11.1 Å². The molecule has 0 saturated carbocycles. The molecular formula is C28H28BrN5OS. The van der Waals surface area contributed by atoms with Crippen LogP contribution in [-0.4, -0.2) is 20.4 Å². The maximum Gasteiger partial charge on any atom is 0.282 e. The number of aromatic nitrogens is 3. The van der Waals surface area contributed by atoms with E-state index in [2.05, 4.69) is 58.5 Å². The number of nitrogens with zero attached hydrogens (tertiary/aromatic N) is 5. The molecule has 3 aromatic heterocycles. The van der Waals surface area contributed by atoms with Crippen molar-refractivity contribution in [3.05, 3.63) is 77.9 Å². The zero-order valence-corrected chi connectivity index (χ0v) is 23.3. The lowest BCUT2D eigenvalue weighted by Crippen LogP contribution is -2.23. The molecule has 184 valence electrons. The van der Waals surface area contributed by atoms with Crippen LogP contribution in [0.25, 0.3) is 15.9 Å². The molecule has 4 aromatic rings. The smallest absolute Gasteiger partial charge is 0.282 e. The van der Waals surface area contributed by atoms with E-state index in [1.807, 2.05) is 19.1 Å². The molecule has 0 bridgehead atoms. The van der Waals surface area contributed by atoms with Gasteiger partial charge in [-0.15, -0.1) is 11.3 Å². The van der Waals surface area contributed by atoms with E-state index in [1.54, 1.807) is 23.6 Å². The van der Waals surface area contributed by atoms with E-state index in [4.69, 9.17) is 4.98 Å². The Hall–Kier alpha value is -3.02. The Bertz CT molecular complexity index is 1620. The van der Waals surface area contributed by atoms with Crippen molar-refractivity contribution < 1.29 is 0 Å². The lowest BCUT2D eigenvalue weighted by Gasteiger charge is -2.14. The van der Waals surface area contributed by atoms with Gasteiger partial charge in [-0.2, -0.15) is 15.0 Å². The quantitative estimate of drug-likeness (QED) is 0.252. The third-order valence-electron chi connectivity index (χ3n) is 7.14. The van der Waals surface area contributed by atoms with E-state index in [1.165, 1.54) is 21.5 Å². The highest BCUT2D eigenvalue weighted by atomic mass is 79.9. The van der Waals surface area contributed by atoms with Crippen molar-refractivity contribution in [2.24, 2.45) is 5.10 Å². The number of benzene rings is 1. The van der Waals surface area contributed by atoms with E-state index in [0.29, 0.717) is 16.7 Å². The fourth-order valence-corrected chi connectivity index (χ4v) is 6.77. The van der Waals surface area contributed by atoms with Crippen LogP contribution in [0, 0.1) is 25.2 Å². The Morgan fingerprint density at radius 3 is 2.81 bits per heavy atom. The summed E-state index contributed by atoms with van der Waals surface area (Å²) in [6.07, 6.45) is 6.95. The third-order valence-corrected chi connectivity index (χ3v) is 8.91. The average Bonchev–Trinajstić information content (AvgIpc) is 3.38. The van der Waals surface area contributed by atoms with Crippen molar-refractivity contribution in [2.75, 3.05) is 0 Å². The number of hydrogen-bond acceptors (Lipinski definition) is 5. The summed E-state index contributed by atoms with van der Waals surface area (Å²) in [5.74, 6) is 0.728. The van der Waals surface area contributed by atoms with Crippen molar-refractivity contribution >= 4 is 44.4 Å². The van der Waals surface area contributed by atoms with Crippen molar-refractivity contribution in [1.82, 2.24) is 14.2 Å². The van der Waals surface area contributed by atoms with Gasteiger partial charge >= 0.3 is 0 Å². The van der Waals surface area contributed by atoms with Crippen LogP contribution in [0.3, 0.4) is 0 Å². The van der Waals surface area contributed by atoms with E-state index < -0.39 is 0 Å². The standard InChI is InChI=1S/C28H28BrN5OS/c1-5-16(2)26-32-24-11-10-20(29)13-22(24)27(35)34(26)31-15-19-12-17(3)33(18(19)4)28-23(14-30)21-8-6-7-9-25(21)36-28/h10-13,15-16H,5-9H2,1-4H3/t16-/m1/s1. The molecule has 0 saturated heterocycles. The SMILES string of the molecule is CC[C@@H](C)c1nc2ccc(Br)cc2c(=O)n1N=Cc1cc(C)n(-c2sc3c(c2C#N)CCCC3)c1C. The minimum Gasteiger partial charge on any atom is -0.308 e. The largest absolute Gasteiger partial charge is 0.308 e. The minimum atomic E-state index is -0.181. The first-order valence-corrected chi connectivity index (χ1v) is 14.0. The molecule has 8 heteroatoms. The van der Waals surface area contributed by atoms with Gasteiger partial charge in [0.2, 0.25) is 0 Å². The topological polar surface area (TPSA) is 76.0 Å². The Morgan fingerprint density at radius 1 is 1.28 bits per heavy atom. The number of fused-ring (bicyclic) bond motifs is 2. The molecule has 0 unspecified atom stereocenters. The molecule has 1 atom stereocenters. The molecule has 0 amide bonds. The van der Waals surface area contributed by atoms with E-state index in [0.717, 1.165) is 57.7 Å². The second kappa shape index (κ2) is 9.79. The monoisotopic (exact) mass is 561 g/mol. The first-order valence-electron chi connectivity index (χ1n) is 12.3. The Balaban J connectivity index is 1.63. The number of nitriles is 1. The summed E-state index contributed by atoms with van der Waals surface area (Å²) in [7, 11) is 0. The lowest BCUT2D eigenvalue weighted by molar-refractivity contribution is 0.613. The molecule has 1 aromatic carbocycles. The zero-order chi connectivity index (χ0) is 25.6. The van der Waals surface area contributed by atoms with Crippen LogP contribution in [0.2, 0.25) is 0 Å². The van der Waals surface area contributed by atoms with Gasteiger partial charge in [0.15, 0.2) is 0 Å². The molecule has 0 spiro atoms. The number of hydrogen-bond donors (Lipinski definition) is 0. The van der Waals surface area contributed by atoms with E-state index in [9.17, 15) is 10.1 Å². The van der Waals surface area contributed by atoms with E-state index in [-0.39, 0.29) is 11.5 Å². The number of aryl methyl sites for hydroxylation is 2. The Kier molecular flexibility index (Phi) is 6.71. The van der Waals surface area contributed by atoms with Gasteiger partial charge in [0, 0.05) is 32.2 Å². The normalized spacial score (nSPS) is 14.3. The fourth-order valence-electron chi connectivity index (χ4n) is 4.95. The summed E-state index contributed by atoms with van der Waals surface area (Å²) in [6, 6.07) is 10.1. The first-order chi connectivity index (χ1) is 17.3. The Morgan fingerprint density at radius 2 is 2.06 bits per heavy atom. The maximum absolute atomic E-state index is 13.5. The lowest BCUT2D eigenvalue weighted by atomic mass is 9.96. The van der Waals surface area contributed by atoms with Crippen LogP contribution >= 0.6 is 27.3 Å². The van der Waals surface area contributed by atoms with Gasteiger partial charge in [-0.3, -0.25) is 4.79 Å². The summed E-state index contributed by atoms with van der Waals surface area (Å²) in [6.45, 7) is 8.24. The van der Waals surface area contributed by atoms with Crippen LogP contribution in [0.15, 0.2) is 38.6 Å². The second-order valence-electron chi connectivity index (χ2n) is 9.47. The summed E-state index contributed by atoms with van der Waals surface area (Å²) >= 11 is 5.20. The van der Waals surface area contributed by atoms with Gasteiger partial charge in [-0.25, -0.2) is 4.98 Å². The highest BCUT2D eigenvalue weighted by Crippen LogP contribution is 2.38. The van der Waals surface area contributed by atoms with Gasteiger partial charge in [0.25, 0.3) is 5.56 Å². The molecule has 1 aliphatic carbocycles.